The van der Waals surface area contributed by atoms with E-state index < -0.39 is 0 Å². The van der Waals surface area contributed by atoms with Crippen LogP contribution in [0.5, 0.6) is 11.5 Å². The zero-order valence-corrected chi connectivity index (χ0v) is 15.0. The van der Waals surface area contributed by atoms with Gasteiger partial charge in [-0.2, -0.15) is 0 Å². The van der Waals surface area contributed by atoms with E-state index in [4.69, 9.17) is 25.8 Å². The SMILES string of the molecule is COc1cc(Cl)c(CN2C[C@H](O)[C@@H](N3CCOCC3)C2)cc1OC. The van der Waals surface area contributed by atoms with Crippen molar-refractivity contribution in [1.82, 2.24) is 9.80 Å². The Labute approximate surface area is 147 Å². The molecule has 0 aliphatic carbocycles. The van der Waals surface area contributed by atoms with Crippen LogP contribution in [0.15, 0.2) is 12.1 Å². The minimum absolute atomic E-state index is 0.160. The fourth-order valence-corrected chi connectivity index (χ4v) is 3.72. The molecule has 0 spiro atoms. The maximum atomic E-state index is 10.4. The molecule has 2 aliphatic rings. The second-order valence-electron chi connectivity index (χ2n) is 6.28. The number of rotatable bonds is 5. The molecule has 3 rings (SSSR count). The number of nitrogens with zero attached hydrogens (tertiary/aromatic N) is 2. The predicted octanol–water partition coefficient (Wildman–Crippen LogP) is 1.23. The fourth-order valence-electron chi connectivity index (χ4n) is 3.50. The summed E-state index contributed by atoms with van der Waals surface area (Å²) in [4.78, 5) is 4.56. The molecule has 2 heterocycles. The molecular weight excluding hydrogens is 332 g/mol. The van der Waals surface area contributed by atoms with Crippen LogP contribution < -0.4 is 9.47 Å². The Kier molecular flexibility index (Phi) is 5.84. The van der Waals surface area contributed by atoms with E-state index in [0.717, 1.165) is 38.4 Å². The first-order chi connectivity index (χ1) is 11.6. The first-order valence-corrected chi connectivity index (χ1v) is 8.62. The van der Waals surface area contributed by atoms with Crippen LogP contribution in [-0.2, 0) is 11.3 Å². The molecule has 2 fully saturated rings. The van der Waals surface area contributed by atoms with Crippen LogP contribution in [-0.4, -0.2) is 80.7 Å². The van der Waals surface area contributed by atoms with Crippen molar-refractivity contribution in [1.29, 1.82) is 0 Å². The molecule has 1 aromatic carbocycles. The highest BCUT2D eigenvalue weighted by molar-refractivity contribution is 6.31. The molecule has 2 saturated heterocycles. The maximum Gasteiger partial charge on any atom is 0.162 e. The van der Waals surface area contributed by atoms with Gasteiger partial charge in [0.1, 0.15) is 0 Å². The summed E-state index contributed by atoms with van der Waals surface area (Å²) >= 11 is 6.39. The fraction of sp³-hybridized carbons (Fsp3) is 0.647. The molecule has 2 aliphatic heterocycles. The van der Waals surface area contributed by atoms with Gasteiger partial charge in [0.25, 0.3) is 0 Å². The van der Waals surface area contributed by atoms with Crippen molar-refractivity contribution in [2.24, 2.45) is 0 Å². The van der Waals surface area contributed by atoms with E-state index in [0.29, 0.717) is 29.6 Å². The number of aliphatic hydroxyl groups excluding tert-OH is 1. The van der Waals surface area contributed by atoms with Gasteiger partial charge in [0, 0.05) is 49.9 Å². The Bertz CT molecular complexity index is 566. The Morgan fingerprint density at radius 2 is 1.83 bits per heavy atom. The van der Waals surface area contributed by atoms with Crippen LogP contribution in [0.25, 0.3) is 0 Å². The lowest BCUT2D eigenvalue weighted by atomic mass is 10.1. The number of methoxy groups -OCH3 is 2. The third-order valence-electron chi connectivity index (χ3n) is 4.80. The maximum absolute atomic E-state index is 10.4. The lowest BCUT2D eigenvalue weighted by Gasteiger charge is -2.33. The third-order valence-corrected chi connectivity index (χ3v) is 5.15. The van der Waals surface area contributed by atoms with Gasteiger partial charge < -0.3 is 19.3 Å². The lowest BCUT2D eigenvalue weighted by Crippen LogP contribution is -2.48. The van der Waals surface area contributed by atoms with Crippen molar-refractivity contribution in [2.45, 2.75) is 18.7 Å². The highest BCUT2D eigenvalue weighted by atomic mass is 35.5. The van der Waals surface area contributed by atoms with Crippen LogP contribution in [0.3, 0.4) is 0 Å². The van der Waals surface area contributed by atoms with Crippen molar-refractivity contribution in [3.8, 4) is 11.5 Å². The first kappa shape index (κ1) is 17.8. The standard InChI is InChI=1S/C17H25ClN2O4/c1-22-16-7-12(13(18)8-17(16)23-2)9-19-10-14(15(21)11-19)20-3-5-24-6-4-20/h7-8,14-15,21H,3-6,9-11H2,1-2H3/t14-,15-/m0/s1. The van der Waals surface area contributed by atoms with Gasteiger partial charge in [0.15, 0.2) is 11.5 Å². The molecule has 0 aromatic heterocycles. The van der Waals surface area contributed by atoms with Crippen LogP contribution in [0.1, 0.15) is 5.56 Å². The van der Waals surface area contributed by atoms with Gasteiger partial charge in [-0.15, -0.1) is 0 Å². The molecule has 0 radical (unpaired) electrons. The molecule has 0 amide bonds. The molecular formula is C17H25ClN2O4. The number of ether oxygens (including phenoxy) is 3. The number of likely N-dealkylation sites (tertiary alicyclic amines) is 1. The van der Waals surface area contributed by atoms with Crippen molar-refractivity contribution >= 4 is 11.6 Å². The zero-order valence-electron chi connectivity index (χ0n) is 14.2. The molecule has 2 atom stereocenters. The highest BCUT2D eigenvalue weighted by Crippen LogP contribution is 2.34. The minimum atomic E-state index is -0.345. The zero-order chi connectivity index (χ0) is 17.1. The van der Waals surface area contributed by atoms with Crippen LogP contribution in [0, 0.1) is 0 Å². The van der Waals surface area contributed by atoms with E-state index in [1.807, 2.05) is 6.07 Å². The second kappa shape index (κ2) is 7.89. The lowest BCUT2D eigenvalue weighted by molar-refractivity contribution is -0.00618. The first-order valence-electron chi connectivity index (χ1n) is 8.25. The number of β-amino-alcohol motifs (C(OH)–C–C–N with tert-alkyl or cyclic N) is 1. The number of aliphatic hydroxyl groups is 1. The molecule has 134 valence electrons. The summed E-state index contributed by atoms with van der Waals surface area (Å²) in [7, 11) is 3.21. The summed E-state index contributed by atoms with van der Waals surface area (Å²) < 4.78 is 16.0. The average molecular weight is 357 g/mol. The van der Waals surface area contributed by atoms with E-state index in [1.165, 1.54) is 0 Å². The number of morpholine rings is 1. The van der Waals surface area contributed by atoms with Gasteiger partial charge >= 0.3 is 0 Å². The van der Waals surface area contributed by atoms with Crippen molar-refractivity contribution in [3.05, 3.63) is 22.7 Å². The summed E-state index contributed by atoms with van der Waals surface area (Å²) in [6.07, 6.45) is -0.345. The quantitative estimate of drug-likeness (QED) is 0.856. The number of hydrogen-bond acceptors (Lipinski definition) is 6. The minimum Gasteiger partial charge on any atom is -0.493 e. The second-order valence-corrected chi connectivity index (χ2v) is 6.68. The van der Waals surface area contributed by atoms with Crippen molar-refractivity contribution in [3.63, 3.8) is 0 Å². The van der Waals surface area contributed by atoms with Crippen LogP contribution in [0.4, 0.5) is 0 Å². The Hall–Kier alpha value is -1.05. The summed E-state index contributed by atoms with van der Waals surface area (Å²) in [5.41, 5.74) is 0.976. The van der Waals surface area contributed by atoms with Crippen molar-refractivity contribution < 1.29 is 19.3 Å². The van der Waals surface area contributed by atoms with E-state index >= 15 is 0 Å². The largest absolute Gasteiger partial charge is 0.493 e. The smallest absolute Gasteiger partial charge is 0.162 e. The molecule has 24 heavy (non-hydrogen) atoms. The molecule has 1 N–H and O–H groups in total. The normalized spacial score (nSPS) is 25.8. The Morgan fingerprint density at radius 3 is 2.50 bits per heavy atom. The molecule has 6 nitrogen and oxygen atoms in total. The van der Waals surface area contributed by atoms with Gasteiger partial charge in [0.05, 0.1) is 33.5 Å². The molecule has 0 saturated carbocycles. The molecule has 7 heteroatoms. The highest BCUT2D eigenvalue weighted by Gasteiger charge is 2.36. The Balaban J connectivity index is 1.68. The molecule has 0 unspecified atom stereocenters. The van der Waals surface area contributed by atoms with Gasteiger partial charge in [-0.25, -0.2) is 0 Å². The van der Waals surface area contributed by atoms with E-state index in [-0.39, 0.29) is 12.1 Å². The molecule has 1 aromatic rings. The van der Waals surface area contributed by atoms with Gasteiger partial charge in [-0.3, -0.25) is 9.80 Å². The summed E-state index contributed by atoms with van der Waals surface area (Å²) in [5.74, 6) is 1.29. The predicted molar refractivity (Wildman–Crippen MR) is 92.0 cm³/mol. The van der Waals surface area contributed by atoms with Crippen LogP contribution >= 0.6 is 11.6 Å². The van der Waals surface area contributed by atoms with Gasteiger partial charge in [-0.05, 0) is 11.6 Å². The van der Waals surface area contributed by atoms with E-state index in [1.54, 1.807) is 20.3 Å². The Morgan fingerprint density at radius 1 is 1.17 bits per heavy atom. The molecule has 0 bridgehead atoms. The summed E-state index contributed by atoms with van der Waals surface area (Å²) in [6.45, 7) is 5.39. The van der Waals surface area contributed by atoms with E-state index in [9.17, 15) is 5.11 Å². The summed E-state index contributed by atoms with van der Waals surface area (Å²) in [5, 5.41) is 11.1. The number of hydrogen-bond donors (Lipinski definition) is 1. The van der Waals surface area contributed by atoms with Gasteiger partial charge in [0.2, 0.25) is 0 Å². The third kappa shape index (κ3) is 3.78. The van der Waals surface area contributed by atoms with Gasteiger partial charge in [-0.1, -0.05) is 11.6 Å². The monoisotopic (exact) mass is 356 g/mol. The van der Waals surface area contributed by atoms with Crippen molar-refractivity contribution in [2.75, 3.05) is 53.6 Å². The van der Waals surface area contributed by atoms with E-state index in [2.05, 4.69) is 9.80 Å². The average Bonchev–Trinajstić information content (AvgIpc) is 2.97. The number of benzene rings is 1. The van der Waals surface area contributed by atoms with Crippen LogP contribution in [0.2, 0.25) is 5.02 Å². The topological polar surface area (TPSA) is 54.4 Å². The summed E-state index contributed by atoms with van der Waals surface area (Å²) in [6, 6.07) is 3.85. The number of halogens is 1.